The van der Waals surface area contributed by atoms with Crippen molar-refractivity contribution in [3.63, 3.8) is 0 Å². The molecule has 1 nitrogen and oxygen atoms in total. The lowest BCUT2D eigenvalue weighted by molar-refractivity contribution is -0.0538. The smallest absolute Gasteiger partial charge is 0.0578 e. The first-order valence-electron chi connectivity index (χ1n) is 11.4. The van der Waals surface area contributed by atoms with Crippen LogP contribution >= 0.6 is 0 Å². The molecule has 0 amide bonds. The van der Waals surface area contributed by atoms with Crippen LogP contribution in [0.2, 0.25) is 0 Å². The lowest BCUT2D eigenvalue weighted by Gasteiger charge is -2.50. The summed E-state index contributed by atoms with van der Waals surface area (Å²) < 4.78 is 6.26. The van der Waals surface area contributed by atoms with Crippen molar-refractivity contribution in [2.45, 2.75) is 110 Å². The highest BCUT2D eigenvalue weighted by Crippen LogP contribution is 2.53. The first kappa shape index (κ1) is 18.7. The van der Waals surface area contributed by atoms with E-state index in [0.29, 0.717) is 6.10 Å². The van der Waals surface area contributed by atoms with Gasteiger partial charge in [0.15, 0.2) is 0 Å². The summed E-state index contributed by atoms with van der Waals surface area (Å²) in [6.45, 7) is 5.67. The fourth-order valence-electron chi connectivity index (χ4n) is 6.45. The lowest BCUT2D eigenvalue weighted by Crippen LogP contribution is -2.42. The van der Waals surface area contributed by atoms with Crippen LogP contribution < -0.4 is 0 Å². The van der Waals surface area contributed by atoms with Gasteiger partial charge in [0.25, 0.3) is 0 Å². The minimum absolute atomic E-state index is 0.598. The van der Waals surface area contributed by atoms with Gasteiger partial charge in [-0.1, -0.05) is 52.4 Å². The third-order valence-electron chi connectivity index (χ3n) is 7.65. The van der Waals surface area contributed by atoms with Gasteiger partial charge in [0.2, 0.25) is 0 Å². The van der Waals surface area contributed by atoms with Gasteiger partial charge in [-0.25, -0.2) is 0 Å². The standard InChI is InChI=1S/C23H42O/c1-3-5-6-7-15-24-21-12-14-23-20(17-21)11-10-19-16-18(8-4-2)9-13-22(19)23/h18-23H,3-17H2,1-2H3. The summed E-state index contributed by atoms with van der Waals surface area (Å²) in [5.41, 5.74) is 0. The van der Waals surface area contributed by atoms with Crippen LogP contribution in [0.25, 0.3) is 0 Å². The molecule has 3 aliphatic carbocycles. The molecule has 0 aromatic carbocycles. The molecule has 3 rings (SSSR count). The maximum atomic E-state index is 6.26. The van der Waals surface area contributed by atoms with Gasteiger partial charge in [0, 0.05) is 6.61 Å². The summed E-state index contributed by atoms with van der Waals surface area (Å²) >= 11 is 0. The first-order valence-corrected chi connectivity index (χ1v) is 11.4. The van der Waals surface area contributed by atoms with E-state index in [1.165, 1.54) is 77.0 Å². The van der Waals surface area contributed by atoms with Crippen molar-refractivity contribution in [2.24, 2.45) is 29.6 Å². The highest BCUT2D eigenvalue weighted by molar-refractivity contribution is 4.94. The highest BCUT2D eigenvalue weighted by Gasteiger charge is 2.44. The van der Waals surface area contributed by atoms with Crippen LogP contribution in [0, 0.1) is 29.6 Å². The number of hydrogen-bond acceptors (Lipinski definition) is 1. The van der Waals surface area contributed by atoms with E-state index in [-0.39, 0.29) is 0 Å². The second-order valence-corrected chi connectivity index (χ2v) is 9.26. The Bertz CT molecular complexity index is 352. The van der Waals surface area contributed by atoms with Crippen molar-refractivity contribution in [3.05, 3.63) is 0 Å². The lowest BCUT2D eigenvalue weighted by atomic mass is 9.56. The van der Waals surface area contributed by atoms with Gasteiger partial charge in [0.1, 0.15) is 0 Å². The van der Waals surface area contributed by atoms with Crippen LogP contribution in [0.3, 0.4) is 0 Å². The average molecular weight is 335 g/mol. The van der Waals surface area contributed by atoms with Gasteiger partial charge >= 0.3 is 0 Å². The molecule has 24 heavy (non-hydrogen) atoms. The quantitative estimate of drug-likeness (QED) is 0.434. The van der Waals surface area contributed by atoms with Crippen LogP contribution in [0.4, 0.5) is 0 Å². The topological polar surface area (TPSA) is 9.23 Å². The Hall–Kier alpha value is -0.0400. The van der Waals surface area contributed by atoms with E-state index >= 15 is 0 Å². The van der Waals surface area contributed by atoms with Crippen molar-refractivity contribution >= 4 is 0 Å². The normalized spacial score (nSPS) is 39.2. The molecule has 0 aromatic rings. The van der Waals surface area contributed by atoms with Crippen molar-refractivity contribution < 1.29 is 4.74 Å². The summed E-state index contributed by atoms with van der Waals surface area (Å²) in [4.78, 5) is 0. The minimum atomic E-state index is 0.598. The van der Waals surface area contributed by atoms with Crippen LogP contribution in [0.5, 0.6) is 0 Å². The van der Waals surface area contributed by atoms with E-state index in [1.807, 2.05) is 0 Å². The van der Waals surface area contributed by atoms with Gasteiger partial charge in [-0.2, -0.15) is 0 Å². The predicted octanol–water partition coefficient (Wildman–Crippen LogP) is 6.99. The molecule has 6 atom stereocenters. The van der Waals surface area contributed by atoms with Crippen LogP contribution in [-0.2, 0) is 4.74 Å². The van der Waals surface area contributed by atoms with Gasteiger partial charge < -0.3 is 4.74 Å². The van der Waals surface area contributed by atoms with Crippen molar-refractivity contribution in [1.29, 1.82) is 0 Å². The van der Waals surface area contributed by atoms with E-state index in [2.05, 4.69) is 13.8 Å². The van der Waals surface area contributed by atoms with Gasteiger partial charge in [-0.15, -0.1) is 0 Å². The second-order valence-electron chi connectivity index (χ2n) is 9.26. The van der Waals surface area contributed by atoms with E-state index in [4.69, 9.17) is 4.74 Å². The van der Waals surface area contributed by atoms with Crippen molar-refractivity contribution in [2.75, 3.05) is 6.61 Å². The third-order valence-corrected chi connectivity index (χ3v) is 7.65. The minimum Gasteiger partial charge on any atom is -0.378 e. The number of unbranched alkanes of at least 4 members (excludes halogenated alkanes) is 3. The molecule has 0 aromatic heterocycles. The molecule has 3 aliphatic rings. The molecule has 1 heteroatoms. The number of fused-ring (bicyclic) bond motifs is 3. The Morgan fingerprint density at radius 1 is 0.708 bits per heavy atom. The van der Waals surface area contributed by atoms with Crippen LogP contribution in [0.1, 0.15) is 104 Å². The molecule has 0 saturated heterocycles. The summed E-state index contributed by atoms with van der Waals surface area (Å²) in [5, 5.41) is 0. The van der Waals surface area contributed by atoms with Crippen LogP contribution in [-0.4, -0.2) is 12.7 Å². The summed E-state index contributed by atoms with van der Waals surface area (Å²) in [5.74, 6) is 5.30. The molecule has 3 saturated carbocycles. The number of hydrogen-bond donors (Lipinski definition) is 0. The monoisotopic (exact) mass is 334 g/mol. The fraction of sp³-hybridized carbons (Fsp3) is 1.00. The molecular weight excluding hydrogens is 292 g/mol. The summed E-state index contributed by atoms with van der Waals surface area (Å²) in [6, 6.07) is 0. The molecule has 0 aliphatic heterocycles. The molecule has 0 spiro atoms. The molecule has 140 valence electrons. The Morgan fingerprint density at radius 3 is 2.21 bits per heavy atom. The molecule has 0 radical (unpaired) electrons. The van der Waals surface area contributed by atoms with Gasteiger partial charge in [0.05, 0.1) is 6.10 Å². The van der Waals surface area contributed by atoms with Gasteiger partial charge in [-0.3, -0.25) is 0 Å². The number of rotatable bonds is 8. The number of ether oxygens (including phenoxy) is 1. The summed E-state index contributed by atoms with van der Waals surface area (Å²) in [6.07, 6.45) is 20.8. The maximum absolute atomic E-state index is 6.26. The largest absolute Gasteiger partial charge is 0.378 e. The molecule has 6 unspecified atom stereocenters. The maximum Gasteiger partial charge on any atom is 0.0578 e. The molecule has 3 fully saturated rings. The molecule has 0 bridgehead atoms. The summed E-state index contributed by atoms with van der Waals surface area (Å²) in [7, 11) is 0. The molecule has 0 N–H and O–H groups in total. The molecule has 0 heterocycles. The van der Waals surface area contributed by atoms with Crippen LogP contribution in [0.15, 0.2) is 0 Å². The Morgan fingerprint density at radius 2 is 1.46 bits per heavy atom. The zero-order valence-corrected chi connectivity index (χ0v) is 16.5. The van der Waals surface area contributed by atoms with E-state index < -0.39 is 0 Å². The van der Waals surface area contributed by atoms with E-state index in [1.54, 1.807) is 12.8 Å². The van der Waals surface area contributed by atoms with Crippen molar-refractivity contribution in [1.82, 2.24) is 0 Å². The predicted molar refractivity (Wildman–Crippen MR) is 103 cm³/mol. The Labute approximate surface area is 151 Å². The van der Waals surface area contributed by atoms with E-state index in [0.717, 1.165) is 36.2 Å². The zero-order chi connectivity index (χ0) is 16.8. The molecular formula is C23H42O. The fourth-order valence-corrected chi connectivity index (χ4v) is 6.45. The SMILES string of the molecule is CCCCCCOC1CCC2C(CCC3CC(CCC)CCC32)C1. The highest BCUT2D eigenvalue weighted by atomic mass is 16.5. The first-order chi connectivity index (χ1) is 11.8. The van der Waals surface area contributed by atoms with Crippen molar-refractivity contribution in [3.8, 4) is 0 Å². The third kappa shape index (κ3) is 4.77. The second kappa shape index (κ2) is 9.60. The Balaban J connectivity index is 1.42. The van der Waals surface area contributed by atoms with E-state index in [9.17, 15) is 0 Å². The van der Waals surface area contributed by atoms with Gasteiger partial charge in [-0.05, 0) is 81.0 Å². The Kier molecular flexibility index (Phi) is 7.50. The average Bonchev–Trinajstić information content (AvgIpc) is 2.61. The zero-order valence-electron chi connectivity index (χ0n) is 16.5.